The number of alkyl halides is 3. The highest BCUT2D eigenvalue weighted by atomic mass is 19.4. The van der Waals surface area contributed by atoms with Gasteiger partial charge in [0.2, 0.25) is 0 Å². The lowest BCUT2D eigenvalue weighted by molar-refractivity contribution is -0.137. The third-order valence-electron chi connectivity index (χ3n) is 4.88. The van der Waals surface area contributed by atoms with Crippen LogP contribution in [0.2, 0.25) is 0 Å². The van der Waals surface area contributed by atoms with Crippen molar-refractivity contribution < 1.29 is 27.5 Å². The maximum absolute atomic E-state index is 12.7. The number of aryl methyl sites for hydroxylation is 1. The molecule has 3 rings (SSSR count). The van der Waals surface area contributed by atoms with E-state index in [0.717, 1.165) is 42.7 Å². The van der Waals surface area contributed by atoms with Crippen LogP contribution in [0.25, 0.3) is 0 Å². The van der Waals surface area contributed by atoms with E-state index in [-0.39, 0.29) is 11.3 Å². The number of rotatable bonds is 6. The second kappa shape index (κ2) is 9.07. The predicted octanol–water partition coefficient (Wildman–Crippen LogP) is 5.54. The molecule has 0 saturated carbocycles. The number of carbonyl (C=O) groups excluding carboxylic acids is 2. The van der Waals surface area contributed by atoms with E-state index in [0.29, 0.717) is 24.8 Å². The minimum Gasteiger partial charge on any atom is -0.454 e. The van der Waals surface area contributed by atoms with Gasteiger partial charge in [-0.2, -0.15) is 13.2 Å². The van der Waals surface area contributed by atoms with Crippen molar-refractivity contribution in [1.29, 1.82) is 0 Å². The molecule has 0 aromatic heterocycles. The van der Waals surface area contributed by atoms with Gasteiger partial charge in [-0.3, -0.25) is 4.79 Å². The second-order valence-electron chi connectivity index (χ2n) is 6.97. The van der Waals surface area contributed by atoms with Crippen molar-refractivity contribution in [1.82, 2.24) is 0 Å². The number of halogens is 3. The smallest absolute Gasteiger partial charge is 0.416 e. The fraction of sp³-hybridized carbons (Fsp3) is 0.304. The van der Waals surface area contributed by atoms with E-state index in [1.54, 1.807) is 0 Å². The van der Waals surface area contributed by atoms with E-state index in [4.69, 9.17) is 4.74 Å². The standard InChI is InChI=1S/C23H21F3O3/c24-23(25,26)18-13-11-17(12-14-18)22(28)29-21(19-8-4-5-9-20(19)27)15-10-16-6-2-1-3-7-16/h1-3,6-8,11-14,21H,4-5,9-10,15H2. The van der Waals surface area contributed by atoms with Crippen LogP contribution in [-0.2, 0) is 22.1 Å². The summed E-state index contributed by atoms with van der Waals surface area (Å²) in [5.74, 6) is -0.786. The van der Waals surface area contributed by atoms with Crippen LogP contribution >= 0.6 is 0 Å². The number of benzene rings is 2. The summed E-state index contributed by atoms with van der Waals surface area (Å²) in [7, 11) is 0. The lowest BCUT2D eigenvalue weighted by Crippen LogP contribution is -2.27. The monoisotopic (exact) mass is 402 g/mol. The molecule has 29 heavy (non-hydrogen) atoms. The Hall–Kier alpha value is -2.89. The van der Waals surface area contributed by atoms with Crippen molar-refractivity contribution in [3.63, 3.8) is 0 Å². The number of allylic oxidation sites excluding steroid dienone is 1. The van der Waals surface area contributed by atoms with Crippen molar-refractivity contribution in [2.45, 2.75) is 44.4 Å². The van der Waals surface area contributed by atoms with E-state index in [1.807, 2.05) is 36.4 Å². The molecule has 1 unspecified atom stereocenters. The highest BCUT2D eigenvalue weighted by Gasteiger charge is 2.31. The zero-order chi connectivity index (χ0) is 20.9. The molecule has 2 aromatic carbocycles. The first-order chi connectivity index (χ1) is 13.8. The Morgan fingerprint density at radius 1 is 1.03 bits per heavy atom. The lowest BCUT2D eigenvalue weighted by atomic mass is 9.91. The summed E-state index contributed by atoms with van der Waals surface area (Å²) < 4.78 is 43.7. The molecule has 1 aliphatic rings. The maximum Gasteiger partial charge on any atom is 0.416 e. The van der Waals surface area contributed by atoms with Crippen molar-refractivity contribution in [3.05, 3.63) is 82.9 Å². The van der Waals surface area contributed by atoms with Crippen LogP contribution in [-0.4, -0.2) is 17.9 Å². The first kappa shape index (κ1) is 20.8. The summed E-state index contributed by atoms with van der Waals surface area (Å²) in [5.41, 5.74) is 0.714. The molecule has 2 aromatic rings. The topological polar surface area (TPSA) is 43.4 Å². The fourth-order valence-corrected chi connectivity index (χ4v) is 3.30. The third kappa shape index (κ3) is 5.56. The first-order valence-electron chi connectivity index (χ1n) is 9.50. The molecule has 152 valence electrons. The molecule has 0 aliphatic heterocycles. The summed E-state index contributed by atoms with van der Waals surface area (Å²) in [4.78, 5) is 24.9. The Kier molecular flexibility index (Phi) is 6.52. The van der Waals surface area contributed by atoms with E-state index in [2.05, 4.69) is 0 Å². The van der Waals surface area contributed by atoms with Crippen molar-refractivity contribution in [2.24, 2.45) is 0 Å². The van der Waals surface area contributed by atoms with Gasteiger partial charge in [-0.1, -0.05) is 36.4 Å². The summed E-state index contributed by atoms with van der Waals surface area (Å²) in [5, 5.41) is 0. The Morgan fingerprint density at radius 3 is 2.34 bits per heavy atom. The lowest BCUT2D eigenvalue weighted by Gasteiger charge is -2.23. The van der Waals surface area contributed by atoms with E-state index < -0.39 is 23.8 Å². The Bertz CT molecular complexity index is 884. The largest absolute Gasteiger partial charge is 0.454 e. The van der Waals surface area contributed by atoms with Gasteiger partial charge in [0, 0.05) is 12.0 Å². The van der Waals surface area contributed by atoms with Gasteiger partial charge in [0.15, 0.2) is 5.78 Å². The van der Waals surface area contributed by atoms with Gasteiger partial charge in [-0.25, -0.2) is 4.79 Å². The van der Waals surface area contributed by atoms with Crippen molar-refractivity contribution in [3.8, 4) is 0 Å². The minimum atomic E-state index is -4.47. The highest BCUT2D eigenvalue weighted by molar-refractivity contribution is 5.98. The Morgan fingerprint density at radius 2 is 1.72 bits per heavy atom. The van der Waals surface area contributed by atoms with E-state index >= 15 is 0 Å². The van der Waals surface area contributed by atoms with Crippen LogP contribution in [0.3, 0.4) is 0 Å². The predicted molar refractivity (Wildman–Crippen MR) is 102 cm³/mol. The van der Waals surface area contributed by atoms with Gasteiger partial charge in [0.05, 0.1) is 11.1 Å². The van der Waals surface area contributed by atoms with Gasteiger partial charge in [-0.15, -0.1) is 0 Å². The van der Waals surface area contributed by atoms with Crippen LogP contribution in [0.4, 0.5) is 13.2 Å². The molecular weight excluding hydrogens is 381 g/mol. The maximum atomic E-state index is 12.7. The first-order valence-corrected chi connectivity index (χ1v) is 9.50. The molecule has 0 fully saturated rings. The molecule has 1 aliphatic carbocycles. The molecule has 3 nitrogen and oxygen atoms in total. The summed E-state index contributed by atoms with van der Waals surface area (Å²) >= 11 is 0. The number of hydrogen-bond acceptors (Lipinski definition) is 3. The zero-order valence-corrected chi connectivity index (χ0v) is 15.7. The van der Waals surface area contributed by atoms with Gasteiger partial charge in [0.1, 0.15) is 6.10 Å². The minimum absolute atomic E-state index is 0.0200. The number of Topliss-reactive ketones (excluding diaryl/α,β-unsaturated/α-hetero) is 1. The van der Waals surface area contributed by atoms with E-state index in [9.17, 15) is 22.8 Å². The summed E-state index contributed by atoms with van der Waals surface area (Å²) in [6.45, 7) is 0. The normalized spacial score (nSPS) is 15.6. The quantitative estimate of drug-likeness (QED) is 0.596. The molecule has 0 saturated heterocycles. The van der Waals surface area contributed by atoms with Crippen molar-refractivity contribution >= 4 is 11.8 Å². The van der Waals surface area contributed by atoms with Crippen LogP contribution in [0.1, 0.15) is 47.2 Å². The number of esters is 1. The molecule has 0 N–H and O–H groups in total. The highest BCUT2D eigenvalue weighted by Crippen LogP contribution is 2.29. The average molecular weight is 402 g/mol. The summed E-state index contributed by atoms with van der Waals surface area (Å²) in [6, 6.07) is 13.5. The molecular formula is C23H21F3O3. The zero-order valence-electron chi connectivity index (χ0n) is 15.7. The fourth-order valence-electron chi connectivity index (χ4n) is 3.30. The van der Waals surface area contributed by atoms with Crippen LogP contribution in [0, 0.1) is 0 Å². The SMILES string of the molecule is O=C1CCCC=C1C(CCc1ccccc1)OC(=O)c1ccc(C(F)(F)F)cc1. The Labute approximate surface area is 167 Å². The summed E-state index contributed by atoms with van der Waals surface area (Å²) in [6.07, 6.45) is -0.448. The number of ketones is 1. The van der Waals surface area contributed by atoms with Gasteiger partial charge in [0.25, 0.3) is 0 Å². The third-order valence-corrected chi connectivity index (χ3v) is 4.88. The average Bonchev–Trinajstić information content (AvgIpc) is 2.72. The van der Waals surface area contributed by atoms with Gasteiger partial charge >= 0.3 is 12.1 Å². The van der Waals surface area contributed by atoms with Crippen LogP contribution in [0.5, 0.6) is 0 Å². The molecule has 0 heterocycles. The molecule has 0 radical (unpaired) electrons. The van der Waals surface area contributed by atoms with E-state index in [1.165, 1.54) is 0 Å². The molecule has 6 heteroatoms. The second-order valence-corrected chi connectivity index (χ2v) is 6.97. The number of ether oxygens (including phenoxy) is 1. The van der Waals surface area contributed by atoms with Gasteiger partial charge < -0.3 is 4.74 Å². The Balaban J connectivity index is 1.75. The molecule has 0 spiro atoms. The van der Waals surface area contributed by atoms with Gasteiger partial charge in [-0.05, 0) is 55.5 Å². The molecule has 0 bridgehead atoms. The molecule has 0 amide bonds. The number of carbonyl (C=O) groups is 2. The molecule has 1 atom stereocenters. The van der Waals surface area contributed by atoms with Crippen LogP contribution < -0.4 is 0 Å². The van der Waals surface area contributed by atoms with Crippen LogP contribution in [0.15, 0.2) is 66.2 Å². The van der Waals surface area contributed by atoms with Crippen molar-refractivity contribution in [2.75, 3.05) is 0 Å². The number of hydrogen-bond donors (Lipinski definition) is 0.